The second kappa shape index (κ2) is 6.10. The normalized spacial score (nSPS) is 11.9. The average Bonchev–Trinajstić information content (AvgIpc) is 2.35. The number of aliphatic carboxylic acids is 1. The third kappa shape index (κ3) is 3.35. The highest BCUT2D eigenvalue weighted by molar-refractivity contribution is 5.72. The Morgan fingerprint density at radius 3 is 2.59 bits per heavy atom. The highest BCUT2D eigenvalue weighted by Crippen LogP contribution is 2.29. The summed E-state index contributed by atoms with van der Waals surface area (Å²) in [5.74, 6) is -0.240. The summed E-state index contributed by atoms with van der Waals surface area (Å²) in [6, 6.07) is 4.87. The van der Waals surface area contributed by atoms with Crippen LogP contribution in [-0.2, 0) is 11.4 Å². The highest BCUT2D eigenvalue weighted by Gasteiger charge is 2.18. The van der Waals surface area contributed by atoms with Crippen LogP contribution in [0.3, 0.4) is 0 Å². The molecular weight excluding hydrogens is 224 g/mol. The zero-order valence-electron chi connectivity index (χ0n) is 9.84. The number of carboxylic acid groups (broad SMARTS) is 1. The predicted octanol–water partition coefficient (Wildman–Crippen LogP) is 1.43. The van der Waals surface area contributed by atoms with Gasteiger partial charge >= 0.3 is 5.97 Å². The lowest BCUT2D eigenvalue weighted by molar-refractivity contribution is -0.145. The summed E-state index contributed by atoms with van der Waals surface area (Å²) in [7, 11) is 1.46. The minimum Gasteiger partial charge on any atom is -0.493 e. The van der Waals surface area contributed by atoms with E-state index in [1.807, 2.05) is 0 Å². The van der Waals surface area contributed by atoms with Crippen molar-refractivity contribution in [3.8, 4) is 11.5 Å². The first-order valence-corrected chi connectivity index (χ1v) is 5.29. The van der Waals surface area contributed by atoms with E-state index >= 15 is 0 Å². The van der Waals surface area contributed by atoms with Crippen LogP contribution in [0.15, 0.2) is 18.2 Å². The van der Waals surface area contributed by atoms with Crippen molar-refractivity contribution in [2.24, 2.45) is 0 Å². The fraction of sp³-hybridized carbons (Fsp3) is 0.417. The third-order valence-electron chi connectivity index (χ3n) is 2.33. The number of carbonyl (C=O) groups is 1. The lowest BCUT2D eigenvalue weighted by Gasteiger charge is -2.16. The molecule has 0 heterocycles. The van der Waals surface area contributed by atoms with E-state index in [-0.39, 0.29) is 6.61 Å². The Hall–Kier alpha value is -1.75. The van der Waals surface area contributed by atoms with Crippen LogP contribution >= 0.6 is 0 Å². The number of aliphatic hydroxyl groups excluding tert-OH is 1. The molecule has 1 aromatic rings. The Bertz CT molecular complexity index is 388. The number of benzene rings is 1. The fourth-order valence-electron chi connectivity index (χ4n) is 1.37. The molecule has 0 amide bonds. The van der Waals surface area contributed by atoms with Crippen LogP contribution in [0.5, 0.6) is 11.5 Å². The molecule has 0 aliphatic heterocycles. The molecule has 0 saturated heterocycles. The number of ether oxygens (including phenoxy) is 2. The minimum atomic E-state index is -1.01. The molecule has 5 heteroatoms. The summed E-state index contributed by atoms with van der Waals surface area (Å²) in [4.78, 5) is 10.9. The average molecular weight is 240 g/mol. The molecule has 17 heavy (non-hydrogen) atoms. The summed E-state index contributed by atoms with van der Waals surface area (Å²) in [6.45, 7) is 1.63. The molecule has 2 N–H and O–H groups in total. The van der Waals surface area contributed by atoms with E-state index in [0.717, 1.165) is 0 Å². The first kappa shape index (κ1) is 13.3. The second-order valence-electron chi connectivity index (χ2n) is 3.50. The summed E-state index contributed by atoms with van der Waals surface area (Å²) in [6.07, 6.45) is -0.538. The molecule has 0 aliphatic carbocycles. The van der Waals surface area contributed by atoms with E-state index in [4.69, 9.17) is 19.7 Å². The van der Waals surface area contributed by atoms with Crippen LogP contribution in [0.1, 0.15) is 18.9 Å². The van der Waals surface area contributed by atoms with E-state index in [9.17, 15) is 4.79 Å². The van der Waals surface area contributed by atoms with Gasteiger partial charge in [0, 0.05) is 0 Å². The summed E-state index contributed by atoms with van der Waals surface area (Å²) >= 11 is 0. The Morgan fingerprint density at radius 2 is 2.12 bits per heavy atom. The lowest BCUT2D eigenvalue weighted by Crippen LogP contribution is -2.26. The van der Waals surface area contributed by atoms with Gasteiger partial charge in [-0.1, -0.05) is 13.0 Å². The molecule has 0 aromatic heterocycles. The predicted molar refractivity (Wildman–Crippen MR) is 61.3 cm³/mol. The van der Waals surface area contributed by atoms with Gasteiger partial charge in [-0.05, 0) is 24.1 Å². The standard InChI is InChI=1S/C12H16O5/c1-3-9(12(14)15)17-10-5-4-8(7-13)6-11(10)16-2/h4-6,9,13H,3,7H2,1-2H3,(H,14,15). The zero-order chi connectivity index (χ0) is 12.8. The van der Waals surface area contributed by atoms with Crippen molar-refractivity contribution in [1.29, 1.82) is 0 Å². The SMILES string of the molecule is CCC(Oc1ccc(CO)cc1OC)C(=O)O. The summed E-state index contributed by atoms with van der Waals surface area (Å²) < 4.78 is 10.4. The largest absolute Gasteiger partial charge is 0.493 e. The first-order chi connectivity index (χ1) is 8.12. The maximum absolute atomic E-state index is 10.9. The molecule has 0 aliphatic rings. The molecule has 0 radical (unpaired) electrons. The second-order valence-corrected chi connectivity index (χ2v) is 3.50. The summed E-state index contributed by atoms with van der Waals surface area (Å²) in [5.41, 5.74) is 0.678. The molecule has 1 aromatic carbocycles. The molecule has 1 atom stereocenters. The van der Waals surface area contributed by atoms with Crippen LogP contribution in [0.4, 0.5) is 0 Å². The monoisotopic (exact) mass is 240 g/mol. The van der Waals surface area contributed by atoms with Gasteiger partial charge in [0.15, 0.2) is 17.6 Å². The zero-order valence-corrected chi connectivity index (χ0v) is 9.84. The number of methoxy groups -OCH3 is 1. The topological polar surface area (TPSA) is 76.0 Å². The minimum absolute atomic E-state index is 0.104. The van der Waals surface area contributed by atoms with Crippen molar-refractivity contribution in [1.82, 2.24) is 0 Å². The summed E-state index contributed by atoms with van der Waals surface area (Å²) in [5, 5.41) is 17.9. The van der Waals surface area contributed by atoms with Crippen molar-refractivity contribution >= 4 is 5.97 Å². The molecule has 1 rings (SSSR count). The number of rotatable bonds is 6. The Balaban J connectivity index is 2.93. The van der Waals surface area contributed by atoms with Crippen LogP contribution < -0.4 is 9.47 Å². The molecule has 0 bridgehead atoms. The number of aliphatic hydroxyl groups is 1. The quantitative estimate of drug-likeness (QED) is 0.786. The number of hydrogen-bond acceptors (Lipinski definition) is 4. The maximum atomic E-state index is 10.9. The first-order valence-electron chi connectivity index (χ1n) is 5.29. The van der Waals surface area contributed by atoms with E-state index < -0.39 is 12.1 Å². The van der Waals surface area contributed by atoms with E-state index in [0.29, 0.717) is 23.5 Å². The van der Waals surface area contributed by atoms with Crippen molar-refractivity contribution < 1.29 is 24.5 Å². The van der Waals surface area contributed by atoms with Crippen LogP contribution in [-0.4, -0.2) is 29.4 Å². The molecule has 0 saturated carbocycles. The van der Waals surface area contributed by atoms with Crippen molar-refractivity contribution in [3.05, 3.63) is 23.8 Å². The molecule has 1 unspecified atom stereocenters. The molecule has 94 valence electrons. The van der Waals surface area contributed by atoms with Gasteiger partial charge in [0.1, 0.15) is 0 Å². The van der Waals surface area contributed by atoms with E-state index in [1.54, 1.807) is 25.1 Å². The van der Waals surface area contributed by atoms with Crippen LogP contribution in [0.2, 0.25) is 0 Å². The lowest BCUT2D eigenvalue weighted by atomic mass is 10.2. The molecule has 5 nitrogen and oxygen atoms in total. The fourth-order valence-corrected chi connectivity index (χ4v) is 1.37. The third-order valence-corrected chi connectivity index (χ3v) is 2.33. The molecular formula is C12H16O5. The Labute approximate surface area is 99.6 Å². The van der Waals surface area contributed by atoms with Gasteiger partial charge in [-0.25, -0.2) is 4.79 Å². The smallest absolute Gasteiger partial charge is 0.344 e. The van der Waals surface area contributed by atoms with Gasteiger partial charge in [-0.2, -0.15) is 0 Å². The number of hydrogen-bond donors (Lipinski definition) is 2. The maximum Gasteiger partial charge on any atom is 0.344 e. The van der Waals surface area contributed by atoms with E-state index in [1.165, 1.54) is 7.11 Å². The van der Waals surface area contributed by atoms with Crippen LogP contribution in [0.25, 0.3) is 0 Å². The van der Waals surface area contributed by atoms with Gasteiger partial charge in [0.2, 0.25) is 0 Å². The Morgan fingerprint density at radius 1 is 1.41 bits per heavy atom. The number of carboxylic acids is 1. The van der Waals surface area contributed by atoms with Crippen molar-refractivity contribution in [2.45, 2.75) is 26.1 Å². The van der Waals surface area contributed by atoms with Gasteiger partial charge in [0.05, 0.1) is 13.7 Å². The van der Waals surface area contributed by atoms with Crippen molar-refractivity contribution in [3.63, 3.8) is 0 Å². The molecule has 0 spiro atoms. The van der Waals surface area contributed by atoms with Gasteiger partial charge in [-0.15, -0.1) is 0 Å². The Kier molecular flexibility index (Phi) is 4.78. The van der Waals surface area contributed by atoms with Crippen LogP contribution in [0, 0.1) is 0 Å². The van der Waals surface area contributed by atoms with Gasteiger partial charge in [0.25, 0.3) is 0 Å². The highest BCUT2D eigenvalue weighted by atomic mass is 16.5. The van der Waals surface area contributed by atoms with Gasteiger partial charge < -0.3 is 19.7 Å². The van der Waals surface area contributed by atoms with Gasteiger partial charge in [-0.3, -0.25) is 0 Å². The van der Waals surface area contributed by atoms with Crippen molar-refractivity contribution in [2.75, 3.05) is 7.11 Å². The molecule has 0 fully saturated rings. The van der Waals surface area contributed by atoms with E-state index in [2.05, 4.69) is 0 Å².